The second kappa shape index (κ2) is 8.15. The molecule has 4 atom stereocenters. The maximum absolute atomic E-state index is 12.6. The minimum atomic E-state index is 0.0625. The predicted octanol–water partition coefficient (Wildman–Crippen LogP) is 3.62. The summed E-state index contributed by atoms with van der Waals surface area (Å²) in [5.74, 6) is 4.26. The number of para-hydroxylation sites is 2. The number of amides is 1. The van der Waals surface area contributed by atoms with E-state index in [1.807, 2.05) is 35.8 Å². The van der Waals surface area contributed by atoms with Crippen LogP contribution < -0.4 is 10.1 Å². The van der Waals surface area contributed by atoms with Gasteiger partial charge in [0.1, 0.15) is 11.6 Å². The van der Waals surface area contributed by atoms with E-state index in [4.69, 9.17) is 4.74 Å². The molecule has 6 nitrogen and oxygen atoms in total. The van der Waals surface area contributed by atoms with E-state index in [-0.39, 0.29) is 11.9 Å². The lowest BCUT2D eigenvalue weighted by Gasteiger charge is -2.28. The number of rotatable bonds is 7. The molecule has 2 fully saturated rings. The number of aromatic nitrogens is 3. The fraction of sp³-hybridized carbons (Fsp3) is 0.571. The van der Waals surface area contributed by atoms with E-state index in [1.54, 1.807) is 7.11 Å². The van der Waals surface area contributed by atoms with Crippen molar-refractivity contribution in [1.82, 2.24) is 20.1 Å². The molecule has 150 valence electrons. The Balaban J connectivity index is 1.39. The number of benzene rings is 1. The Hall–Kier alpha value is -2.02. The quantitative estimate of drug-likeness (QED) is 0.719. The Kier molecular flexibility index (Phi) is 5.62. The van der Waals surface area contributed by atoms with Crippen molar-refractivity contribution in [3.8, 4) is 11.4 Å². The molecule has 1 aromatic carbocycles. The van der Waals surface area contributed by atoms with Crippen LogP contribution in [0.1, 0.15) is 38.4 Å². The van der Waals surface area contributed by atoms with Gasteiger partial charge in [0.2, 0.25) is 5.91 Å². The number of ether oxygens (including phenoxy) is 1. The standard InChI is InChI=1S/C21H28N4O2S/c1-13(17-11-15-8-9-16(17)10-15)22-20(26)12-28-21-24-23-14(2)25(21)18-6-4-5-7-19(18)27-3/h4-7,13,15-17H,8-12H2,1-3H3,(H,22,26). The van der Waals surface area contributed by atoms with E-state index in [1.165, 1.54) is 37.4 Å². The van der Waals surface area contributed by atoms with Gasteiger partial charge in [0.15, 0.2) is 5.16 Å². The summed E-state index contributed by atoms with van der Waals surface area (Å²) in [7, 11) is 1.65. The third-order valence-electron chi connectivity index (χ3n) is 6.28. The Labute approximate surface area is 170 Å². The van der Waals surface area contributed by atoms with Gasteiger partial charge in [0, 0.05) is 6.04 Å². The van der Waals surface area contributed by atoms with Crippen molar-refractivity contribution >= 4 is 17.7 Å². The normalized spacial score (nSPS) is 24.3. The molecule has 2 bridgehead atoms. The molecule has 1 N–H and O–H groups in total. The van der Waals surface area contributed by atoms with Crippen LogP contribution in [0, 0.1) is 24.7 Å². The number of fused-ring (bicyclic) bond motifs is 2. The molecule has 1 amide bonds. The summed E-state index contributed by atoms with van der Waals surface area (Å²) in [4.78, 5) is 12.6. The molecule has 4 rings (SSSR count). The largest absolute Gasteiger partial charge is 0.495 e. The highest BCUT2D eigenvalue weighted by atomic mass is 32.2. The first kappa shape index (κ1) is 19.3. The topological polar surface area (TPSA) is 69.0 Å². The van der Waals surface area contributed by atoms with Crippen LogP contribution >= 0.6 is 11.8 Å². The lowest BCUT2D eigenvalue weighted by atomic mass is 9.84. The molecule has 7 heteroatoms. The highest BCUT2D eigenvalue weighted by Crippen LogP contribution is 2.49. The average molecular weight is 401 g/mol. The van der Waals surface area contributed by atoms with Gasteiger partial charge in [0.05, 0.1) is 18.6 Å². The van der Waals surface area contributed by atoms with Gasteiger partial charge in [-0.3, -0.25) is 9.36 Å². The molecule has 2 aliphatic carbocycles. The number of hydrogen-bond donors (Lipinski definition) is 1. The third kappa shape index (κ3) is 3.77. The van der Waals surface area contributed by atoms with Gasteiger partial charge in [-0.1, -0.05) is 30.3 Å². The highest BCUT2D eigenvalue weighted by Gasteiger charge is 2.42. The lowest BCUT2D eigenvalue weighted by Crippen LogP contribution is -2.40. The van der Waals surface area contributed by atoms with Gasteiger partial charge in [-0.2, -0.15) is 0 Å². The molecule has 28 heavy (non-hydrogen) atoms. The monoisotopic (exact) mass is 400 g/mol. The summed E-state index contributed by atoms with van der Waals surface area (Å²) in [6.45, 7) is 4.07. The van der Waals surface area contributed by atoms with Crippen LogP contribution in [0.25, 0.3) is 5.69 Å². The van der Waals surface area contributed by atoms with Gasteiger partial charge in [-0.25, -0.2) is 0 Å². The van der Waals surface area contributed by atoms with E-state index < -0.39 is 0 Å². The first-order valence-electron chi connectivity index (χ1n) is 10.0. The minimum absolute atomic E-state index is 0.0625. The molecule has 4 unspecified atom stereocenters. The SMILES string of the molecule is COc1ccccc1-n1c(C)nnc1SCC(=O)NC(C)C1CC2CCC1C2. The molecule has 1 aromatic heterocycles. The number of nitrogens with one attached hydrogen (secondary N) is 1. The molecule has 2 saturated carbocycles. The highest BCUT2D eigenvalue weighted by molar-refractivity contribution is 7.99. The number of nitrogens with zero attached hydrogens (tertiary/aromatic N) is 3. The second-order valence-corrected chi connectivity index (χ2v) is 8.96. The Morgan fingerprint density at radius 2 is 2.14 bits per heavy atom. The van der Waals surface area contributed by atoms with Crippen LogP contribution in [0.5, 0.6) is 5.75 Å². The minimum Gasteiger partial charge on any atom is -0.495 e. The molecule has 2 aromatic rings. The lowest BCUT2D eigenvalue weighted by molar-refractivity contribution is -0.119. The average Bonchev–Trinajstić information content (AvgIpc) is 3.42. The van der Waals surface area contributed by atoms with Crippen molar-refractivity contribution in [2.24, 2.45) is 17.8 Å². The van der Waals surface area contributed by atoms with Crippen LogP contribution in [-0.4, -0.2) is 39.6 Å². The molecule has 0 saturated heterocycles. The number of carbonyl (C=O) groups excluding carboxylic acids is 1. The summed E-state index contributed by atoms with van der Waals surface area (Å²) in [6.07, 6.45) is 5.36. The molecular formula is C21H28N4O2S. The third-order valence-corrected chi connectivity index (χ3v) is 7.21. The van der Waals surface area contributed by atoms with E-state index >= 15 is 0 Å². The maximum atomic E-state index is 12.6. The van der Waals surface area contributed by atoms with Crippen molar-refractivity contribution in [2.75, 3.05) is 12.9 Å². The van der Waals surface area contributed by atoms with Crippen molar-refractivity contribution in [1.29, 1.82) is 0 Å². The fourth-order valence-electron chi connectivity index (χ4n) is 4.97. The number of methoxy groups -OCH3 is 1. The van der Waals surface area contributed by atoms with Crippen molar-refractivity contribution < 1.29 is 9.53 Å². The number of thioether (sulfide) groups is 1. The predicted molar refractivity (Wildman–Crippen MR) is 110 cm³/mol. The summed E-state index contributed by atoms with van der Waals surface area (Å²) >= 11 is 1.41. The van der Waals surface area contributed by atoms with Crippen molar-refractivity contribution in [2.45, 2.75) is 50.7 Å². The van der Waals surface area contributed by atoms with E-state index in [9.17, 15) is 4.79 Å². The van der Waals surface area contributed by atoms with Gasteiger partial charge >= 0.3 is 0 Å². The maximum Gasteiger partial charge on any atom is 0.230 e. The number of aryl methyl sites for hydroxylation is 1. The second-order valence-electron chi connectivity index (χ2n) is 8.02. The number of carbonyl (C=O) groups is 1. The molecule has 2 aliphatic rings. The fourth-order valence-corrected chi connectivity index (χ4v) is 5.77. The Morgan fingerprint density at radius 1 is 1.32 bits per heavy atom. The molecule has 0 radical (unpaired) electrons. The molecule has 1 heterocycles. The van der Waals surface area contributed by atoms with Crippen LogP contribution in [0.2, 0.25) is 0 Å². The van der Waals surface area contributed by atoms with Crippen molar-refractivity contribution in [3.63, 3.8) is 0 Å². The molecule has 0 aliphatic heterocycles. The van der Waals surface area contributed by atoms with E-state index in [0.717, 1.165) is 29.1 Å². The van der Waals surface area contributed by atoms with Crippen LogP contribution in [0.4, 0.5) is 0 Å². The van der Waals surface area contributed by atoms with Gasteiger partial charge in [-0.05, 0) is 63.0 Å². The van der Waals surface area contributed by atoms with E-state index in [2.05, 4.69) is 22.4 Å². The first-order valence-corrected chi connectivity index (χ1v) is 11.0. The zero-order valence-corrected chi connectivity index (χ0v) is 17.5. The smallest absolute Gasteiger partial charge is 0.230 e. The van der Waals surface area contributed by atoms with Gasteiger partial charge in [0.25, 0.3) is 0 Å². The molecular weight excluding hydrogens is 372 g/mol. The van der Waals surface area contributed by atoms with Gasteiger partial charge < -0.3 is 10.1 Å². The van der Waals surface area contributed by atoms with Crippen LogP contribution in [0.3, 0.4) is 0 Å². The summed E-state index contributed by atoms with van der Waals surface area (Å²) in [5.41, 5.74) is 0.880. The van der Waals surface area contributed by atoms with Crippen LogP contribution in [-0.2, 0) is 4.79 Å². The van der Waals surface area contributed by atoms with Crippen LogP contribution in [0.15, 0.2) is 29.4 Å². The zero-order chi connectivity index (χ0) is 19.7. The van der Waals surface area contributed by atoms with E-state index in [0.29, 0.717) is 16.8 Å². The Morgan fingerprint density at radius 3 is 2.86 bits per heavy atom. The summed E-state index contributed by atoms with van der Waals surface area (Å²) in [6, 6.07) is 8.01. The summed E-state index contributed by atoms with van der Waals surface area (Å²) in [5, 5.41) is 12.4. The van der Waals surface area contributed by atoms with Crippen molar-refractivity contribution in [3.05, 3.63) is 30.1 Å². The summed E-state index contributed by atoms with van der Waals surface area (Å²) < 4.78 is 7.41. The molecule has 0 spiro atoms. The first-order chi connectivity index (χ1) is 13.6. The van der Waals surface area contributed by atoms with Gasteiger partial charge in [-0.15, -0.1) is 10.2 Å². The Bertz CT molecular complexity index is 853. The number of hydrogen-bond acceptors (Lipinski definition) is 5. The zero-order valence-electron chi connectivity index (χ0n) is 16.7.